The molecule has 1 aromatic rings. The number of ether oxygens (including phenoxy) is 1. The number of rotatable bonds is 3. The van der Waals surface area contributed by atoms with E-state index in [1.807, 2.05) is 0 Å². The number of nitrogens with zero attached hydrogens (tertiary/aromatic N) is 1. The minimum Gasteiger partial charge on any atom is -0.378 e. The van der Waals surface area contributed by atoms with Gasteiger partial charge in [0.05, 0.1) is 18.8 Å². The van der Waals surface area contributed by atoms with Crippen LogP contribution >= 0.6 is 15.9 Å². The number of carbonyl (C=O) groups excluding carboxylic acids is 1. The zero-order chi connectivity index (χ0) is 15.5. The smallest absolute Gasteiger partial charge is 0.378 e. The Labute approximate surface area is 129 Å². The lowest BCUT2D eigenvalue weighted by atomic mass is 10.1. The van der Waals surface area contributed by atoms with E-state index in [9.17, 15) is 18.0 Å². The highest BCUT2D eigenvalue weighted by Crippen LogP contribution is 2.32. The second-order valence-corrected chi connectivity index (χ2v) is 5.65. The number of morpholine rings is 1. The van der Waals surface area contributed by atoms with Crippen LogP contribution in [0.1, 0.15) is 17.5 Å². The third-order valence-electron chi connectivity index (χ3n) is 3.35. The lowest BCUT2D eigenvalue weighted by molar-refractivity contribution is -0.138. The maximum Gasteiger partial charge on any atom is 0.416 e. The third kappa shape index (κ3) is 4.44. The molecule has 7 heteroatoms. The Morgan fingerprint density at radius 2 is 1.95 bits per heavy atom. The molecule has 2 rings (SSSR count). The first kappa shape index (κ1) is 16.3. The molecule has 1 saturated heterocycles. The van der Waals surface area contributed by atoms with Gasteiger partial charge in [-0.1, -0.05) is 22.0 Å². The minimum absolute atomic E-state index is 0.00472. The molecule has 0 spiro atoms. The van der Waals surface area contributed by atoms with Crippen LogP contribution in [0, 0.1) is 0 Å². The topological polar surface area (TPSA) is 29.5 Å². The van der Waals surface area contributed by atoms with E-state index in [4.69, 9.17) is 4.74 Å². The standard InChI is InChI=1S/C14H15BrF3NO2/c15-12-9-11(14(16,17)18)3-1-10(12)2-4-13(20)19-5-7-21-8-6-19/h1,3,9H,2,4-8H2. The molecular formula is C14H15BrF3NO2. The average Bonchev–Trinajstić information content (AvgIpc) is 2.45. The van der Waals surface area contributed by atoms with E-state index in [1.54, 1.807) is 4.90 Å². The number of hydrogen-bond acceptors (Lipinski definition) is 2. The second kappa shape index (κ2) is 6.79. The molecular weight excluding hydrogens is 351 g/mol. The van der Waals surface area contributed by atoms with E-state index >= 15 is 0 Å². The predicted molar refractivity (Wildman–Crippen MR) is 74.9 cm³/mol. The van der Waals surface area contributed by atoms with Gasteiger partial charge in [0.25, 0.3) is 0 Å². The second-order valence-electron chi connectivity index (χ2n) is 4.80. The van der Waals surface area contributed by atoms with E-state index in [-0.39, 0.29) is 12.3 Å². The largest absolute Gasteiger partial charge is 0.416 e. The van der Waals surface area contributed by atoms with Crippen molar-refractivity contribution in [1.29, 1.82) is 0 Å². The van der Waals surface area contributed by atoms with E-state index in [2.05, 4.69) is 15.9 Å². The Hall–Kier alpha value is -1.08. The molecule has 1 aliphatic heterocycles. The van der Waals surface area contributed by atoms with Crippen molar-refractivity contribution < 1.29 is 22.7 Å². The average molecular weight is 366 g/mol. The molecule has 1 amide bonds. The van der Waals surface area contributed by atoms with Gasteiger partial charge in [-0.3, -0.25) is 4.79 Å². The summed E-state index contributed by atoms with van der Waals surface area (Å²) in [6.07, 6.45) is -3.66. The molecule has 0 radical (unpaired) electrons. The molecule has 1 aromatic carbocycles. The van der Waals surface area contributed by atoms with Gasteiger partial charge >= 0.3 is 6.18 Å². The monoisotopic (exact) mass is 365 g/mol. The number of hydrogen-bond donors (Lipinski definition) is 0. The Bertz CT molecular complexity index is 513. The van der Waals surface area contributed by atoms with Crippen molar-refractivity contribution in [2.75, 3.05) is 26.3 Å². The van der Waals surface area contributed by atoms with Gasteiger partial charge in [0.1, 0.15) is 0 Å². The molecule has 3 nitrogen and oxygen atoms in total. The Morgan fingerprint density at radius 1 is 1.29 bits per heavy atom. The number of carbonyl (C=O) groups is 1. The van der Waals surface area contributed by atoms with Gasteiger partial charge in [-0.2, -0.15) is 13.2 Å². The fourth-order valence-electron chi connectivity index (χ4n) is 2.14. The number of benzene rings is 1. The Morgan fingerprint density at radius 3 is 2.52 bits per heavy atom. The first-order valence-electron chi connectivity index (χ1n) is 6.59. The number of amides is 1. The van der Waals surface area contributed by atoms with Gasteiger partial charge in [-0.05, 0) is 24.1 Å². The maximum atomic E-state index is 12.6. The number of aryl methyl sites for hydroxylation is 1. The summed E-state index contributed by atoms with van der Waals surface area (Å²) in [4.78, 5) is 13.7. The highest BCUT2D eigenvalue weighted by atomic mass is 79.9. The molecule has 0 atom stereocenters. The van der Waals surface area contributed by atoms with Crippen molar-refractivity contribution in [3.8, 4) is 0 Å². The lowest BCUT2D eigenvalue weighted by Crippen LogP contribution is -2.40. The molecule has 0 saturated carbocycles. The molecule has 0 unspecified atom stereocenters. The van der Waals surface area contributed by atoms with Crippen molar-refractivity contribution >= 4 is 21.8 Å². The normalized spacial score (nSPS) is 16.1. The minimum atomic E-state index is -4.36. The lowest BCUT2D eigenvalue weighted by Gasteiger charge is -2.26. The first-order valence-corrected chi connectivity index (χ1v) is 7.38. The molecule has 1 heterocycles. The summed E-state index contributed by atoms with van der Waals surface area (Å²) in [6, 6.07) is 3.51. The summed E-state index contributed by atoms with van der Waals surface area (Å²) in [5, 5.41) is 0. The van der Waals surface area contributed by atoms with Gasteiger partial charge in [-0.15, -0.1) is 0 Å². The quantitative estimate of drug-likeness (QED) is 0.822. The van der Waals surface area contributed by atoms with Crippen LogP contribution in [0.4, 0.5) is 13.2 Å². The van der Waals surface area contributed by atoms with Crippen molar-refractivity contribution in [3.05, 3.63) is 33.8 Å². The van der Waals surface area contributed by atoms with E-state index in [1.165, 1.54) is 6.07 Å². The summed E-state index contributed by atoms with van der Waals surface area (Å²) in [5.74, 6) is 0.00472. The van der Waals surface area contributed by atoms with Crippen molar-refractivity contribution in [3.63, 3.8) is 0 Å². The molecule has 21 heavy (non-hydrogen) atoms. The van der Waals surface area contributed by atoms with Gasteiger partial charge < -0.3 is 9.64 Å². The van der Waals surface area contributed by atoms with Crippen molar-refractivity contribution in [2.24, 2.45) is 0 Å². The fraction of sp³-hybridized carbons (Fsp3) is 0.500. The third-order valence-corrected chi connectivity index (χ3v) is 4.09. The summed E-state index contributed by atoms with van der Waals surface area (Å²) < 4.78 is 43.2. The van der Waals surface area contributed by atoms with Crippen molar-refractivity contribution in [2.45, 2.75) is 19.0 Å². The van der Waals surface area contributed by atoms with Crippen LogP contribution in [0.2, 0.25) is 0 Å². The molecule has 1 fully saturated rings. The van der Waals surface area contributed by atoms with Gasteiger partial charge in [0.2, 0.25) is 5.91 Å². The summed E-state index contributed by atoms with van der Waals surface area (Å²) in [5.41, 5.74) is 0.00207. The SMILES string of the molecule is O=C(CCc1ccc(C(F)(F)F)cc1Br)N1CCOCC1. The number of alkyl halides is 3. The highest BCUT2D eigenvalue weighted by molar-refractivity contribution is 9.10. The van der Waals surface area contributed by atoms with Crippen LogP contribution in [0.15, 0.2) is 22.7 Å². The van der Waals surface area contributed by atoms with Gasteiger partial charge in [-0.25, -0.2) is 0 Å². The van der Waals surface area contributed by atoms with Crippen LogP contribution in [0.25, 0.3) is 0 Å². The van der Waals surface area contributed by atoms with Crippen LogP contribution in [0.5, 0.6) is 0 Å². The van der Waals surface area contributed by atoms with Crippen LogP contribution < -0.4 is 0 Å². The van der Waals surface area contributed by atoms with E-state index in [0.29, 0.717) is 42.8 Å². The maximum absolute atomic E-state index is 12.6. The van der Waals surface area contributed by atoms with Gasteiger partial charge in [0.15, 0.2) is 0 Å². The molecule has 0 aliphatic carbocycles. The van der Waals surface area contributed by atoms with E-state index < -0.39 is 11.7 Å². The number of halogens is 4. The molecule has 1 aliphatic rings. The Balaban J connectivity index is 1.95. The fourth-order valence-corrected chi connectivity index (χ4v) is 2.72. The molecule has 0 aromatic heterocycles. The van der Waals surface area contributed by atoms with Crippen LogP contribution in [-0.2, 0) is 22.1 Å². The first-order chi connectivity index (χ1) is 9.88. The van der Waals surface area contributed by atoms with Crippen molar-refractivity contribution in [1.82, 2.24) is 4.90 Å². The zero-order valence-corrected chi connectivity index (χ0v) is 12.8. The summed E-state index contributed by atoms with van der Waals surface area (Å²) in [6.45, 7) is 2.23. The van der Waals surface area contributed by atoms with Crippen LogP contribution in [-0.4, -0.2) is 37.1 Å². The van der Waals surface area contributed by atoms with E-state index in [0.717, 1.165) is 12.1 Å². The molecule has 116 valence electrons. The zero-order valence-electron chi connectivity index (χ0n) is 11.3. The predicted octanol–water partition coefficient (Wildman–Crippen LogP) is 3.26. The summed E-state index contributed by atoms with van der Waals surface area (Å²) in [7, 11) is 0. The van der Waals surface area contributed by atoms with Crippen LogP contribution in [0.3, 0.4) is 0 Å². The highest BCUT2D eigenvalue weighted by Gasteiger charge is 2.30. The molecule has 0 N–H and O–H groups in total. The molecule has 0 bridgehead atoms. The Kier molecular flexibility index (Phi) is 5.27. The van der Waals surface area contributed by atoms with Gasteiger partial charge in [0, 0.05) is 24.0 Å². The summed E-state index contributed by atoms with van der Waals surface area (Å²) >= 11 is 3.14.